The van der Waals surface area contributed by atoms with Gasteiger partial charge in [0.15, 0.2) is 0 Å². The van der Waals surface area contributed by atoms with E-state index in [0.29, 0.717) is 23.8 Å². The van der Waals surface area contributed by atoms with E-state index in [9.17, 15) is 4.79 Å². The normalized spacial score (nSPS) is 28.7. The Bertz CT molecular complexity index is 681. The molecule has 0 radical (unpaired) electrons. The molecule has 2 bridgehead atoms. The molecule has 1 N–H and O–H groups in total. The van der Waals surface area contributed by atoms with Gasteiger partial charge in [-0.1, -0.05) is 0 Å². The summed E-state index contributed by atoms with van der Waals surface area (Å²) in [7, 11) is 0. The lowest BCUT2D eigenvalue weighted by Crippen LogP contribution is -2.42. The van der Waals surface area contributed by atoms with E-state index >= 15 is 0 Å². The molecule has 0 unspecified atom stereocenters. The maximum atomic E-state index is 11.2. The molecule has 20 heavy (non-hydrogen) atoms. The molecule has 0 amide bonds. The minimum atomic E-state index is -0.318. The number of hydrogen-bond acceptors (Lipinski definition) is 4. The van der Waals surface area contributed by atoms with Crippen LogP contribution in [0.3, 0.4) is 0 Å². The van der Waals surface area contributed by atoms with Gasteiger partial charge in [-0.25, -0.2) is 4.79 Å². The summed E-state index contributed by atoms with van der Waals surface area (Å²) in [6, 6.07) is 10.1. The quantitative estimate of drug-likeness (QED) is 0.852. The van der Waals surface area contributed by atoms with E-state index in [1.54, 1.807) is 6.07 Å². The van der Waals surface area contributed by atoms with Gasteiger partial charge < -0.3 is 14.5 Å². The van der Waals surface area contributed by atoms with Crippen LogP contribution in [0.4, 0.5) is 0 Å². The highest BCUT2D eigenvalue weighted by molar-refractivity contribution is 5.77. The second-order valence-electron chi connectivity index (χ2n) is 5.80. The van der Waals surface area contributed by atoms with E-state index in [-0.39, 0.29) is 5.63 Å². The molecule has 1 aromatic heterocycles. The zero-order valence-corrected chi connectivity index (χ0v) is 11.2. The predicted octanol–water partition coefficient (Wildman–Crippen LogP) is 2.45. The van der Waals surface area contributed by atoms with Crippen molar-refractivity contribution in [1.82, 2.24) is 5.32 Å². The average molecular weight is 271 g/mol. The smallest absolute Gasteiger partial charge is 0.336 e. The van der Waals surface area contributed by atoms with Crippen LogP contribution in [0.15, 0.2) is 39.5 Å². The largest absolute Gasteiger partial charge is 0.490 e. The summed E-state index contributed by atoms with van der Waals surface area (Å²) in [5.41, 5.74) is 0.288. The molecule has 3 heterocycles. The number of benzene rings is 1. The Labute approximate surface area is 116 Å². The first kappa shape index (κ1) is 12.0. The Morgan fingerprint density at radius 1 is 1.10 bits per heavy atom. The topological polar surface area (TPSA) is 51.5 Å². The van der Waals surface area contributed by atoms with Crippen LogP contribution in [0.2, 0.25) is 0 Å². The summed E-state index contributed by atoms with van der Waals surface area (Å²) in [4.78, 5) is 11.2. The van der Waals surface area contributed by atoms with Gasteiger partial charge in [-0.2, -0.15) is 0 Å². The summed E-state index contributed by atoms with van der Waals surface area (Å²) >= 11 is 0. The van der Waals surface area contributed by atoms with E-state index in [1.165, 1.54) is 18.9 Å². The molecule has 4 heteroatoms. The van der Waals surface area contributed by atoms with E-state index < -0.39 is 0 Å². The number of hydrogen-bond donors (Lipinski definition) is 1. The molecule has 0 aliphatic carbocycles. The van der Waals surface area contributed by atoms with E-state index in [2.05, 4.69) is 5.32 Å². The summed E-state index contributed by atoms with van der Waals surface area (Å²) in [6.45, 7) is 0. The zero-order valence-electron chi connectivity index (χ0n) is 11.2. The van der Waals surface area contributed by atoms with Crippen molar-refractivity contribution in [2.45, 2.75) is 43.9 Å². The first-order valence-corrected chi connectivity index (χ1v) is 7.23. The van der Waals surface area contributed by atoms with Gasteiger partial charge in [0.1, 0.15) is 17.4 Å². The van der Waals surface area contributed by atoms with Crippen LogP contribution < -0.4 is 15.7 Å². The second-order valence-corrected chi connectivity index (χ2v) is 5.80. The minimum absolute atomic E-state index is 0.293. The Hall–Kier alpha value is -1.81. The lowest BCUT2D eigenvalue weighted by molar-refractivity contribution is 0.137. The maximum Gasteiger partial charge on any atom is 0.336 e. The van der Waals surface area contributed by atoms with Crippen molar-refractivity contribution in [2.24, 2.45) is 0 Å². The second kappa shape index (κ2) is 4.63. The fourth-order valence-corrected chi connectivity index (χ4v) is 3.42. The van der Waals surface area contributed by atoms with Crippen molar-refractivity contribution in [3.63, 3.8) is 0 Å². The van der Waals surface area contributed by atoms with Gasteiger partial charge in [-0.15, -0.1) is 0 Å². The minimum Gasteiger partial charge on any atom is -0.490 e. The molecule has 2 atom stereocenters. The third-order valence-electron chi connectivity index (χ3n) is 4.32. The molecule has 2 aliphatic rings. The third-order valence-corrected chi connectivity index (χ3v) is 4.32. The SMILES string of the molecule is O=c1ccc2cc(OC3C[C@@H]4CC[C@@H](C3)N4)ccc2o1. The summed E-state index contributed by atoms with van der Waals surface area (Å²) in [5.74, 6) is 0.859. The van der Waals surface area contributed by atoms with Crippen LogP contribution >= 0.6 is 0 Å². The molecule has 2 aromatic rings. The van der Waals surface area contributed by atoms with Crippen molar-refractivity contribution in [1.29, 1.82) is 0 Å². The highest BCUT2D eigenvalue weighted by atomic mass is 16.5. The third kappa shape index (κ3) is 2.20. The number of nitrogens with one attached hydrogen (secondary N) is 1. The van der Waals surface area contributed by atoms with Crippen molar-refractivity contribution in [2.75, 3.05) is 0 Å². The van der Waals surface area contributed by atoms with Gasteiger partial charge in [0.25, 0.3) is 0 Å². The van der Waals surface area contributed by atoms with E-state index in [4.69, 9.17) is 9.15 Å². The van der Waals surface area contributed by atoms with Crippen LogP contribution in [0, 0.1) is 0 Å². The Kier molecular flexibility index (Phi) is 2.77. The van der Waals surface area contributed by atoms with Gasteiger partial charge in [-0.3, -0.25) is 0 Å². The lowest BCUT2D eigenvalue weighted by atomic mass is 10.0. The Balaban J connectivity index is 1.56. The van der Waals surface area contributed by atoms with Crippen molar-refractivity contribution >= 4 is 11.0 Å². The Morgan fingerprint density at radius 3 is 2.70 bits per heavy atom. The molecule has 104 valence electrons. The average Bonchev–Trinajstić information content (AvgIpc) is 2.78. The van der Waals surface area contributed by atoms with Crippen molar-refractivity contribution < 1.29 is 9.15 Å². The Morgan fingerprint density at radius 2 is 1.90 bits per heavy atom. The van der Waals surface area contributed by atoms with Crippen molar-refractivity contribution in [3.05, 3.63) is 40.8 Å². The number of rotatable bonds is 2. The molecule has 4 rings (SSSR count). The lowest BCUT2D eigenvalue weighted by Gasteiger charge is -2.29. The first-order chi connectivity index (χ1) is 9.76. The fraction of sp³-hybridized carbons (Fsp3) is 0.438. The summed E-state index contributed by atoms with van der Waals surface area (Å²) in [6.07, 6.45) is 5.00. The molecule has 2 aliphatic heterocycles. The zero-order chi connectivity index (χ0) is 13.5. The standard InChI is InChI=1S/C16H17NO3/c18-16-6-1-10-7-13(4-5-15(10)20-16)19-14-8-11-2-3-12(9-14)17-11/h1,4-7,11-12,14,17H,2-3,8-9H2/t11-,12-/m0/s1. The first-order valence-electron chi connectivity index (χ1n) is 7.23. The highest BCUT2D eigenvalue weighted by Crippen LogP contribution is 2.30. The van der Waals surface area contributed by atoms with E-state index in [1.807, 2.05) is 18.2 Å². The maximum absolute atomic E-state index is 11.2. The summed E-state index contributed by atoms with van der Waals surface area (Å²) in [5, 5.41) is 4.51. The van der Waals surface area contributed by atoms with Gasteiger partial charge in [-0.05, 0) is 49.9 Å². The highest BCUT2D eigenvalue weighted by Gasteiger charge is 2.34. The molecule has 2 fully saturated rings. The number of ether oxygens (including phenoxy) is 1. The van der Waals surface area contributed by atoms with Crippen LogP contribution in [0.1, 0.15) is 25.7 Å². The van der Waals surface area contributed by atoms with Crippen molar-refractivity contribution in [3.8, 4) is 5.75 Å². The van der Waals surface area contributed by atoms with Gasteiger partial charge >= 0.3 is 5.63 Å². The molecule has 1 aromatic carbocycles. The number of piperidine rings is 1. The van der Waals surface area contributed by atoms with Crippen LogP contribution in [-0.4, -0.2) is 18.2 Å². The van der Waals surface area contributed by atoms with Gasteiger partial charge in [0.05, 0.1) is 0 Å². The van der Waals surface area contributed by atoms with E-state index in [0.717, 1.165) is 24.0 Å². The molecular weight excluding hydrogens is 254 g/mol. The predicted molar refractivity (Wildman–Crippen MR) is 76.1 cm³/mol. The molecular formula is C16H17NO3. The molecule has 2 saturated heterocycles. The summed E-state index contributed by atoms with van der Waals surface area (Å²) < 4.78 is 11.2. The van der Waals surface area contributed by atoms with Crippen LogP contribution in [0.25, 0.3) is 11.0 Å². The van der Waals surface area contributed by atoms with Crippen LogP contribution in [0.5, 0.6) is 5.75 Å². The number of fused-ring (bicyclic) bond motifs is 3. The van der Waals surface area contributed by atoms with Gasteiger partial charge in [0.2, 0.25) is 0 Å². The molecule has 4 nitrogen and oxygen atoms in total. The molecule has 0 spiro atoms. The molecule has 0 saturated carbocycles. The fourth-order valence-electron chi connectivity index (χ4n) is 3.42. The van der Waals surface area contributed by atoms with Crippen LogP contribution in [-0.2, 0) is 0 Å². The van der Waals surface area contributed by atoms with Gasteiger partial charge in [0, 0.05) is 23.5 Å². The monoisotopic (exact) mass is 271 g/mol.